The highest BCUT2D eigenvalue weighted by molar-refractivity contribution is 5.97. The molecule has 6 heteroatoms. The maximum atomic E-state index is 12.6. The van der Waals surface area contributed by atoms with E-state index >= 15 is 0 Å². The molecule has 0 aliphatic carbocycles. The van der Waals surface area contributed by atoms with Gasteiger partial charge < -0.3 is 19.5 Å². The Morgan fingerprint density at radius 1 is 1.30 bits per heavy atom. The van der Waals surface area contributed by atoms with E-state index in [0.29, 0.717) is 43.5 Å². The summed E-state index contributed by atoms with van der Waals surface area (Å²) >= 11 is 0. The van der Waals surface area contributed by atoms with Crippen molar-refractivity contribution in [3.63, 3.8) is 0 Å². The first-order valence-corrected chi connectivity index (χ1v) is 8.01. The lowest BCUT2D eigenvalue weighted by Gasteiger charge is -2.28. The van der Waals surface area contributed by atoms with Crippen LogP contribution < -0.4 is 10.1 Å². The van der Waals surface area contributed by atoms with E-state index in [1.54, 1.807) is 19.2 Å². The number of hydrogen-bond acceptors (Lipinski definition) is 5. The van der Waals surface area contributed by atoms with Crippen LogP contribution in [0.5, 0.6) is 5.88 Å². The number of methoxy groups -OCH3 is 1. The zero-order valence-corrected chi connectivity index (χ0v) is 14.8. The molecule has 0 aromatic carbocycles. The number of nitrogens with one attached hydrogen (secondary N) is 1. The van der Waals surface area contributed by atoms with Gasteiger partial charge in [0.25, 0.3) is 5.91 Å². The smallest absolute Gasteiger partial charge is 0.256 e. The highest BCUT2D eigenvalue weighted by Crippen LogP contribution is 2.23. The summed E-state index contributed by atoms with van der Waals surface area (Å²) in [4.78, 5) is 16.9. The standard InChI is InChI=1S/C17H28N2O4/c1-6-10-17(4,23-7-2)16(20)19-14-8-9-15(18-13(14)3)22-12-11-21-5/h8-9H,6-7,10-12H2,1-5H3,(H,19,20)/t17-/m1/s1. The highest BCUT2D eigenvalue weighted by Gasteiger charge is 2.33. The molecule has 1 rings (SSSR count). The van der Waals surface area contributed by atoms with Gasteiger partial charge >= 0.3 is 0 Å². The fraction of sp³-hybridized carbons (Fsp3) is 0.647. The summed E-state index contributed by atoms with van der Waals surface area (Å²) in [6.07, 6.45) is 1.53. The molecule has 23 heavy (non-hydrogen) atoms. The number of aromatic nitrogens is 1. The van der Waals surface area contributed by atoms with Gasteiger partial charge in [0.2, 0.25) is 5.88 Å². The Balaban J connectivity index is 2.77. The summed E-state index contributed by atoms with van der Waals surface area (Å²) in [6.45, 7) is 9.00. The van der Waals surface area contributed by atoms with Crippen LogP contribution in [0, 0.1) is 6.92 Å². The molecule has 1 aromatic rings. The molecule has 0 fully saturated rings. The summed E-state index contributed by atoms with van der Waals surface area (Å²) < 4.78 is 16.0. The third-order valence-corrected chi connectivity index (χ3v) is 3.52. The number of carbonyl (C=O) groups is 1. The number of nitrogens with zero attached hydrogens (tertiary/aromatic N) is 1. The topological polar surface area (TPSA) is 69.7 Å². The lowest BCUT2D eigenvalue weighted by atomic mass is 9.99. The lowest BCUT2D eigenvalue weighted by molar-refractivity contribution is -0.139. The van der Waals surface area contributed by atoms with Gasteiger partial charge in [0.05, 0.1) is 18.0 Å². The minimum absolute atomic E-state index is 0.154. The SMILES string of the molecule is CCC[C@@](C)(OCC)C(=O)Nc1ccc(OCCOC)nc1C. The third kappa shape index (κ3) is 5.80. The molecule has 1 N–H and O–H groups in total. The Labute approximate surface area is 138 Å². The molecule has 6 nitrogen and oxygen atoms in total. The second-order valence-corrected chi connectivity index (χ2v) is 5.49. The monoisotopic (exact) mass is 324 g/mol. The molecular formula is C17H28N2O4. The van der Waals surface area contributed by atoms with Crippen LogP contribution in [0.15, 0.2) is 12.1 Å². The predicted molar refractivity (Wildman–Crippen MR) is 89.9 cm³/mol. The molecule has 1 amide bonds. The van der Waals surface area contributed by atoms with Crippen LogP contribution in [0.1, 0.15) is 39.3 Å². The molecule has 0 spiro atoms. The number of rotatable bonds is 10. The largest absolute Gasteiger partial charge is 0.475 e. The maximum absolute atomic E-state index is 12.6. The van der Waals surface area contributed by atoms with Crippen LogP contribution in [0.4, 0.5) is 5.69 Å². The van der Waals surface area contributed by atoms with Crippen molar-refractivity contribution in [1.82, 2.24) is 4.98 Å². The third-order valence-electron chi connectivity index (χ3n) is 3.52. The normalized spacial score (nSPS) is 13.4. The maximum Gasteiger partial charge on any atom is 0.256 e. The fourth-order valence-electron chi connectivity index (χ4n) is 2.28. The number of hydrogen-bond donors (Lipinski definition) is 1. The van der Waals surface area contributed by atoms with E-state index in [0.717, 1.165) is 6.42 Å². The molecule has 0 aliphatic rings. The van der Waals surface area contributed by atoms with Crippen molar-refractivity contribution < 1.29 is 19.0 Å². The van der Waals surface area contributed by atoms with Gasteiger partial charge in [-0.2, -0.15) is 0 Å². The second kappa shape index (κ2) is 9.47. The van der Waals surface area contributed by atoms with E-state index in [1.807, 2.05) is 27.7 Å². The first-order chi connectivity index (χ1) is 11.0. The minimum atomic E-state index is -0.830. The van der Waals surface area contributed by atoms with Crippen molar-refractivity contribution in [3.05, 3.63) is 17.8 Å². The minimum Gasteiger partial charge on any atom is -0.475 e. The summed E-state index contributed by atoms with van der Waals surface area (Å²) in [7, 11) is 1.62. The van der Waals surface area contributed by atoms with Gasteiger partial charge in [0.15, 0.2) is 0 Å². The van der Waals surface area contributed by atoms with Crippen molar-refractivity contribution in [2.45, 2.75) is 46.1 Å². The van der Waals surface area contributed by atoms with E-state index in [1.165, 1.54) is 0 Å². The second-order valence-electron chi connectivity index (χ2n) is 5.49. The van der Waals surface area contributed by atoms with Crippen molar-refractivity contribution in [1.29, 1.82) is 0 Å². The van der Waals surface area contributed by atoms with Crippen LogP contribution in [0.2, 0.25) is 0 Å². The molecule has 1 aromatic heterocycles. The van der Waals surface area contributed by atoms with Gasteiger partial charge in [-0.25, -0.2) is 4.98 Å². The van der Waals surface area contributed by atoms with Crippen LogP contribution in [0.3, 0.4) is 0 Å². The number of aryl methyl sites for hydroxylation is 1. The highest BCUT2D eigenvalue weighted by atomic mass is 16.5. The van der Waals surface area contributed by atoms with Crippen LogP contribution in [0.25, 0.3) is 0 Å². The molecule has 1 atom stereocenters. The van der Waals surface area contributed by atoms with Crippen LogP contribution in [-0.2, 0) is 14.3 Å². The molecule has 0 saturated heterocycles. The van der Waals surface area contributed by atoms with Gasteiger partial charge in [-0.3, -0.25) is 4.79 Å². The molecule has 0 aliphatic heterocycles. The molecule has 130 valence electrons. The Bertz CT molecular complexity index is 499. The summed E-state index contributed by atoms with van der Waals surface area (Å²) in [6, 6.07) is 3.52. The summed E-state index contributed by atoms with van der Waals surface area (Å²) in [5, 5.41) is 2.91. The van der Waals surface area contributed by atoms with E-state index < -0.39 is 5.60 Å². The summed E-state index contributed by atoms with van der Waals surface area (Å²) in [5.74, 6) is 0.359. The average Bonchev–Trinajstić information content (AvgIpc) is 2.50. The van der Waals surface area contributed by atoms with Crippen molar-refractivity contribution in [2.24, 2.45) is 0 Å². The van der Waals surface area contributed by atoms with E-state index in [-0.39, 0.29) is 5.91 Å². The Kier molecular flexibility index (Phi) is 7.98. The number of carbonyl (C=O) groups excluding carboxylic acids is 1. The number of amides is 1. The van der Waals surface area contributed by atoms with E-state index in [9.17, 15) is 4.79 Å². The van der Waals surface area contributed by atoms with Crippen LogP contribution in [-0.4, -0.2) is 43.4 Å². The summed E-state index contributed by atoms with van der Waals surface area (Å²) in [5.41, 5.74) is 0.531. The van der Waals surface area contributed by atoms with Gasteiger partial charge in [-0.1, -0.05) is 13.3 Å². The predicted octanol–water partition coefficient (Wildman–Crippen LogP) is 2.95. The molecule has 0 saturated carbocycles. The van der Waals surface area contributed by atoms with E-state index in [2.05, 4.69) is 10.3 Å². The Morgan fingerprint density at radius 2 is 2.04 bits per heavy atom. The molecule has 0 bridgehead atoms. The molecule has 0 radical (unpaired) electrons. The number of pyridine rings is 1. The van der Waals surface area contributed by atoms with Gasteiger partial charge in [-0.15, -0.1) is 0 Å². The van der Waals surface area contributed by atoms with Gasteiger partial charge in [-0.05, 0) is 33.3 Å². The van der Waals surface area contributed by atoms with Gasteiger partial charge in [0.1, 0.15) is 12.2 Å². The first kappa shape index (κ1) is 19.4. The zero-order chi connectivity index (χ0) is 17.3. The van der Waals surface area contributed by atoms with Crippen molar-refractivity contribution in [2.75, 3.05) is 32.2 Å². The molecular weight excluding hydrogens is 296 g/mol. The quantitative estimate of drug-likeness (QED) is 0.670. The van der Waals surface area contributed by atoms with Gasteiger partial charge in [0, 0.05) is 19.8 Å². The Morgan fingerprint density at radius 3 is 2.61 bits per heavy atom. The van der Waals surface area contributed by atoms with Crippen molar-refractivity contribution >= 4 is 11.6 Å². The molecule has 1 heterocycles. The van der Waals surface area contributed by atoms with Crippen LogP contribution >= 0.6 is 0 Å². The number of anilines is 1. The number of ether oxygens (including phenoxy) is 3. The first-order valence-electron chi connectivity index (χ1n) is 8.01. The van der Waals surface area contributed by atoms with Crippen molar-refractivity contribution in [3.8, 4) is 5.88 Å². The molecule has 0 unspecified atom stereocenters. The Hall–Kier alpha value is -1.66. The lowest BCUT2D eigenvalue weighted by Crippen LogP contribution is -2.42. The van der Waals surface area contributed by atoms with E-state index in [4.69, 9.17) is 14.2 Å². The fourth-order valence-corrected chi connectivity index (χ4v) is 2.28. The zero-order valence-electron chi connectivity index (χ0n) is 14.8. The average molecular weight is 324 g/mol.